The molecule has 0 aromatic heterocycles. The molecule has 2 aromatic carbocycles. The monoisotopic (exact) mass is 420 g/mol. The molecule has 0 N–H and O–H groups in total. The van der Waals surface area contributed by atoms with Crippen molar-refractivity contribution in [1.82, 2.24) is 9.21 Å². The van der Waals surface area contributed by atoms with Crippen LogP contribution >= 0.6 is 11.8 Å². The number of amides is 1. The first-order valence-corrected chi connectivity index (χ1v) is 11.6. The van der Waals surface area contributed by atoms with Crippen LogP contribution in [-0.2, 0) is 21.2 Å². The molecule has 0 saturated carbocycles. The number of sulfonamides is 1. The third-order valence-electron chi connectivity index (χ3n) is 5.14. The van der Waals surface area contributed by atoms with E-state index in [4.69, 9.17) is 0 Å². The summed E-state index contributed by atoms with van der Waals surface area (Å²) in [4.78, 5) is 16.0. The summed E-state index contributed by atoms with van der Waals surface area (Å²) in [6.07, 6.45) is 1.30. The molecule has 1 atom stereocenters. The Balaban J connectivity index is 1.43. The van der Waals surface area contributed by atoms with Crippen LogP contribution in [0, 0.1) is 5.82 Å². The number of carbonyl (C=O) groups is 1. The van der Waals surface area contributed by atoms with Crippen molar-refractivity contribution in [3.05, 3.63) is 59.9 Å². The van der Waals surface area contributed by atoms with Crippen molar-refractivity contribution in [2.24, 2.45) is 0 Å². The Morgan fingerprint density at radius 2 is 1.75 bits per heavy atom. The van der Waals surface area contributed by atoms with Crippen LogP contribution in [0.4, 0.5) is 4.39 Å². The summed E-state index contributed by atoms with van der Waals surface area (Å²) in [6.45, 7) is 1.51. The Bertz CT molecular complexity index is 954. The second kappa shape index (κ2) is 7.85. The summed E-state index contributed by atoms with van der Waals surface area (Å²) in [5.74, 6) is -0.399. The van der Waals surface area contributed by atoms with Crippen LogP contribution in [0.15, 0.2) is 58.3 Å². The van der Waals surface area contributed by atoms with Gasteiger partial charge in [0, 0.05) is 31.1 Å². The van der Waals surface area contributed by atoms with Crippen molar-refractivity contribution in [1.29, 1.82) is 0 Å². The van der Waals surface area contributed by atoms with E-state index in [1.165, 1.54) is 22.0 Å². The van der Waals surface area contributed by atoms with Crippen LogP contribution in [0.25, 0.3) is 0 Å². The smallest absolute Gasteiger partial charge is 0.243 e. The minimum absolute atomic E-state index is 0.0715. The zero-order chi connectivity index (χ0) is 19.7. The van der Waals surface area contributed by atoms with E-state index < -0.39 is 15.8 Å². The highest BCUT2D eigenvalue weighted by Gasteiger charge is 2.34. The number of hydrogen-bond donors (Lipinski definition) is 0. The molecule has 0 radical (unpaired) electrons. The lowest BCUT2D eigenvalue weighted by molar-refractivity contribution is -0.130. The zero-order valence-electron chi connectivity index (χ0n) is 15.3. The molecule has 1 saturated heterocycles. The zero-order valence-corrected chi connectivity index (χ0v) is 16.9. The summed E-state index contributed by atoms with van der Waals surface area (Å²) in [5, 5.41) is -0.141. The molecule has 4 rings (SSSR count). The molecule has 2 aromatic rings. The fourth-order valence-electron chi connectivity index (χ4n) is 3.63. The van der Waals surface area contributed by atoms with Crippen LogP contribution in [0.2, 0.25) is 0 Å². The first-order valence-electron chi connectivity index (χ1n) is 9.24. The quantitative estimate of drug-likeness (QED) is 0.766. The van der Waals surface area contributed by atoms with Crippen LogP contribution < -0.4 is 0 Å². The molecular weight excluding hydrogens is 399 g/mol. The molecule has 5 nitrogen and oxygen atoms in total. The van der Waals surface area contributed by atoms with E-state index in [2.05, 4.69) is 6.07 Å². The highest BCUT2D eigenvalue weighted by Crippen LogP contribution is 2.37. The molecule has 1 fully saturated rings. The van der Waals surface area contributed by atoms with Gasteiger partial charge in [0.1, 0.15) is 5.82 Å². The van der Waals surface area contributed by atoms with Crippen LogP contribution in [0.3, 0.4) is 0 Å². The van der Waals surface area contributed by atoms with Crippen LogP contribution in [0.5, 0.6) is 0 Å². The number of rotatable bonds is 3. The summed E-state index contributed by atoms with van der Waals surface area (Å²) < 4.78 is 40.2. The van der Waals surface area contributed by atoms with Crippen molar-refractivity contribution >= 4 is 27.7 Å². The molecule has 2 aliphatic rings. The average Bonchev–Trinajstić information content (AvgIpc) is 2.96. The second-order valence-corrected chi connectivity index (χ2v) is 10.1. The maximum Gasteiger partial charge on any atom is 0.243 e. The molecule has 1 unspecified atom stereocenters. The van der Waals surface area contributed by atoms with Gasteiger partial charge in [-0.1, -0.05) is 18.2 Å². The van der Waals surface area contributed by atoms with Crippen LogP contribution in [-0.4, -0.2) is 55.0 Å². The van der Waals surface area contributed by atoms with E-state index in [-0.39, 0.29) is 22.6 Å². The normalized spacial score (nSPS) is 20.6. The molecule has 28 heavy (non-hydrogen) atoms. The lowest BCUT2D eigenvalue weighted by Gasteiger charge is -2.24. The Morgan fingerprint density at radius 3 is 2.50 bits per heavy atom. The largest absolute Gasteiger partial charge is 0.340 e. The maximum atomic E-state index is 13.1. The van der Waals surface area contributed by atoms with Crippen LogP contribution in [0.1, 0.15) is 12.0 Å². The van der Waals surface area contributed by atoms with E-state index in [1.54, 1.807) is 16.7 Å². The second-order valence-electron chi connectivity index (χ2n) is 6.96. The van der Waals surface area contributed by atoms with E-state index in [1.807, 2.05) is 18.2 Å². The van der Waals surface area contributed by atoms with Gasteiger partial charge in [-0.25, -0.2) is 12.8 Å². The number of thioether (sulfide) groups is 1. The fourth-order valence-corrected chi connectivity index (χ4v) is 6.38. The van der Waals surface area contributed by atoms with Gasteiger partial charge in [0.25, 0.3) is 0 Å². The van der Waals surface area contributed by atoms with Gasteiger partial charge in [-0.15, -0.1) is 11.8 Å². The molecule has 8 heteroatoms. The minimum atomic E-state index is -3.69. The predicted molar refractivity (Wildman–Crippen MR) is 106 cm³/mol. The SMILES string of the molecule is O=C(C1Cc2ccccc2S1)N1CCCN(S(=O)(=O)c2ccc(F)cc2)CC1. The Morgan fingerprint density at radius 1 is 1.00 bits per heavy atom. The van der Waals surface area contributed by atoms with Crippen molar-refractivity contribution in [2.45, 2.75) is 27.9 Å². The highest BCUT2D eigenvalue weighted by atomic mass is 32.2. The molecule has 0 bridgehead atoms. The topological polar surface area (TPSA) is 57.7 Å². The molecule has 2 aliphatic heterocycles. The van der Waals surface area contributed by atoms with Crippen molar-refractivity contribution in [3.8, 4) is 0 Å². The van der Waals surface area contributed by atoms with Gasteiger partial charge in [0.15, 0.2) is 0 Å². The Kier molecular flexibility index (Phi) is 5.44. The number of carbonyl (C=O) groups excluding carboxylic acids is 1. The minimum Gasteiger partial charge on any atom is -0.340 e. The van der Waals surface area contributed by atoms with Gasteiger partial charge in [-0.3, -0.25) is 4.79 Å². The Hall–Kier alpha value is -1.90. The summed E-state index contributed by atoms with van der Waals surface area (Å²) >= 11 is 1.59. The number of benzene rings is 2. The fraction of sp³-hybridized carbons (Fsp3) is 0.350. The predicted octanol–water partition coefficient (Wildman–Crippen LogP) is 2.77. The van der Waals surface area contributed by atoms with Gasteiger partial charge in [0.2, 0.25) is 15.9 Å². The third-order valence-corrected chi connectivity index (χ3v) is 8.36. The molecule has 2 heterocycles. The lowest BCUT2D eigenvalue weighted by Crippen LogP contribution is -2.41. The van der Waals surface area contributed by atoms with E-state index in [0.717, 1.165) is 17.0 Å². The molecule has 0 aliphatic carbocycles. The van der Waals surface area contributed by atoms with Gasteiger partial charge in [0.05, 0.1) is 10.1 Å². The van der Waals surface area contributed by atoms with Gasteiger partial charge in [-0.05, 0) is 48.7 Å². The molecule has 1 amide bonds. The number of hydrogen-bond acceptors (Lipinski definition) is 4. The third kappa shape index (κ3) is 3.81. The van der Waals surface area contributed by atoms with Crippen molar-refractivity contribution in [2.75, 3.05) is 26.2 Å². The summed E-state index contributed by atoms with van der Waals surface area (Å²) in [5.41, 5.74) is 1.20. The first-order chi connectivity index (χ1) is 13.4. The van der Waals surface area contributed by atoms with E-state index in [0.29, 0.717) is 32.5 Å². The molecule has 148 valence electrons. The van der Waals surface area contributed by atoms with Gasteiger partial charge >= 0.3 is 0 Å². The lowest BCUT2D eigenvalue weighted by atomic mass is 10.1. The summed E-state index contributed by atoms with van der Waals surface area (Å²) in [6, 6.07) is 12.9. The van der Waals surface area contributed by atoms with Crippen molar-refractivity contribution < 1.29 is 17.6 Å². The Labute approximate surface area is 168 Å². The number of halogens is 1. The standard InChI is InChI=1S/C20H21FN2O3S2/c21-16-6-8-17(9-7-16)28(25,26)23-11-3-10-22(12-13-23)20(24)19-14-15-4-1-2-5-18(15)27-19/h1-2,4-9,19H,3,10-14H2. The highest BCUT2D eigenvalue weighted by molar-refractivity contribution is 8.01. The van der Waals surface area contributed by atoms with E-state index >= 15 is 0 Å². The molecule has 0 spiro atoms. The van der Waals surface area contributed by atoms with Crippen molar-refractivity contribution in [3.63, 3.8) is 0 Å². The molecular formula is C20H21FN2O3S2. The maximum absolute atomic E-state index is 13.1. The summed E-state index contributed by atoms with van der Waals surface area (Å²) in [7, 11) is -3.69. The van der Waals surface area contributed by atoms with E-state index in [9.17, 15) is 17.6 Å². The first kappa shape index (κ1) is 19.4. The number of nitrogens with zero attached hydrogens (tertiary/aromatic N) is 2. The number of fused-ring (bicyclic) bond motifs is 1. The van der Waals surface area contributed by atoms with Gasteiger partial charge in [-0.2, -0.15) is 4.31 Å². The average molecular weight is 421 g/mol. The van der Waals surface area contributed by atoms with Gasteiger partial charge < -0.3 is 4.90 Å².